The van der Waals surface area contributed by atoms with Crippen molar-refractivity contribution in [2.24, 2.45) is 0 Å². The lowest BCUT2D eigenvalue weighted by Gasteiger charge is -2.36. The number of piperidine rings is 1. The molecule has 3 nitrogen and oxygen atoms in total. The van der Waals surface area contributed by atoms with Crippen molar-refractivity contribution < 1.29 is 4.79 Å². The largest absolute Gasteiger partial charge is 0.339 e. The Morgan fingerprint density at radius 3 is 2.95 bits per heavy atom. The molecule has 0 radical (unpaired) electrons. The van der Waals surface area contributed by atoms with E-state index in [1.807, 2.05) is 18.0 Å². The second-order valence-electron chi connectivity index (χ2n) is 5.45. The van der Waals surface area contributed by atoms with Crippen LogP contribution in [0.2, 0.25) is 0 Å². The number of carbonyl (C=O) groups excluding carboxylic acids is 1. The first-order valence-electron chi connectivity index (χ1n) is 7.35. The third-order valence-corrected chi connectivity index (χ3v) is 5.42. The molecule has 0 N–H and O–H groups in total. The molecule has 1 amide bonds. The quantitative estimate of drug-likeness (QED) is 0.800. The van der Waals surface area contributed by atoms with Crippen LogP contribution in [-0.4, -0.2) is 41.9 Å². The van der Waals surface area contributed by atoms with Crippen molar-refractivity contribution in [3.8, 4) is 0 Å². The van der Waals surface area contributed by atoms with Crippen LogP contribution in [0.1, 0.15) is 37.5 Å². The van der Waals surface area contributed by atoms with E-state index in [1.54, 1.807) is 11.3 Å². The average molecular weight is 359 g/mol. The molecule has 112 valence electrons. The zero-order valence-corrected chi connectivity index (χ0v) is 14.7. The summed E-state index contributed by atoms with van der Waals surface area (Å²) in [5, 5.41) is 0. The van der Waals surface area contributed by atoms with Crippen LogP contribution in [-0.2, 0) is 11.3 Å². The maximum absolute atomic E-state index is 12.7. The average Bonchev–Trinajstić information content (AvgIpc) is 2.84. The van der Waals surface area contributed by atoms with E-state index in [0.29, 0.717) is 6.54 Å². The molecule has 1 aliphatic heterocycles. The fourth-order valence-electron chi connectivity index (χ4n) is 2.83. The molecule has 1 unspecified atom stereocenters. The van der Waals surface area contributed by atoms with Crippen LogP contribution in [0.25, 0.3) is 0 Å². The predicted molar refractivity (Wildman–Crippen MR) is 88.0 cm³/mol. The fraction of sp³-hybridized carbons (Fsp3) is 0.667. The minimum absolute atomic E-state index is 0.0945. The second-order valence-corrected chi connectivity index (χ2v) is 8.00. The molecule has 2 heterocycles. The molecule has 0 spiro atoms. The summed E-state index contributed by atoms with van der Waals surface area (Å²) < 4.78 is 1.12. The molecule has 0 aliphatic carbocycles. The molecule has 2 rings (SSSR count). The Morgan fingerprint density at radius 1 is 1.50 bits per heavy atom. The zero-order chi connectivity index (χ0) is 14.5. The number of carbonyl (C=O) groups is 1. The van der Waals surface area contributed by atoms with Gasteiger partial charge < -0.3 is 4.90 Å². The summed E-state index contributed by atoms with van der Waals surface area (Å²) in [6, 6.07) is 4.23. The van der Waals surface area contributed by atoms with E-state index in [9.17, 15) is 4.79 Å². The van der Waals surface area contributed by atoms with Crippen LogP contribution < -0.4 is 0 Å². The lowest BCUT2D eigenvalue weighted by atomic mass is 10.0. The summed E-state index contributed by atoms with van der Waals surface area (Å²) in [7, 11) is 1.93. The molecule has 5 heteroatoms. The highest BCUT2D eigenvalue weighted by molar-refractivity contribution is 9.11. The number of likely N-dealkylation sites (N-methyl/N-ethyl adjacent to an activating group) is 1. The summed E-state index contributed by atoms with van der Waals surface area (Å²) in [4.78, 5) is 18.2. The van der Waals surface area contributed by atoms with Gasteiger partial charge in [-0.25, -0.2) is 0 Å². The summed E-state index contributed by atoms with van der Waals surface area (Å²) in [6.45, 7) is 5.01. The first kappa shape index (κ1) is 16.0. The first-order valence-corrected chi connectivity index (χ1v) is 8.96. The minimum Gasteiger partial charge on any atom is -0.339 e. The maximum Gasteiger partial charge on any atom is 0.239 e. The lowest BCUT2D eigenvalue weighted by Crippen LogP contribution is -2.49. The molecule has 0 saturated carbocycles. The van der Waals surface area contributed by atoms with Crippen molar-refractivity contribution in [1.82, 2.24) is 9.80 Å². The minimum atomic E-state index is 0.0945. The van der Waals surface area contributed by atoms with Crippen molar-refractivity contribution in [3.63, 3.8) is 0 Å². The van der Waals surface area contributed by atoms with Crippen molar-refractivity contribution in [3.05, 3.63) is 20.8 Å². The third-order valence-electron chi connectivity index (χ3n) is 3.81. The van der Waals surface area contributed by atoms with Gasteiger partial charge in [0.1, 0.15) is 0 Å². The van der Waals surface area contributed by atoms with Crippen molar-refractivity contribution in [2.75, 3.05) is 20.1 Å². The topological polar surface area (TPSA) is 23.6 Å². The van der Waals surface area contributed by atoms with Gasteiger partial charge in [0.15, 0.2) is 0 Å². The normalized spacial score (nSPS) is 20.1. The third kappa shape index (κ3) is 4.06. The second kappa shape index (κ2) is 7.57. The molecule has 0 bridgehead atoms. The van der Waals surface area contributed by atoms with E-state index in [4.69, 9.17) is 0 Å². The molecular formula is C15H23BrN2OS. The van der Waals surface area contributed by atoms with E-state index in [-0.39, 0.29) is 11.9 Å². The Kier molecular flexibility index (Phi) is 6.05. The van der Waals surface area contributed by atoms with Gasteiger partial charge in [0, 0.05) is 11.9 Å². The molecule has 1 atom stereocenters. The Hall–Kier alpha value is -0.390. The highest BCUT2D eigenvalue weighted by Gasteiger charge is 2.30. The zero-order valence-electron chi connectivity index (χ0n) is 12.3. The van der Waals surface area contributed by atoms with Gasteiger partial charge in [-0.3, -0.25) is 9.69 Å². The maximum atomic E-state index is 12.7. The molecular weight excluding hydrogens is 336 g/mol. The molecule has 1 aromatic rings. The Balaban J connectivity index is 1.97. The van der Waals surface area contributed by atoms with Crippen LogP contribution >= 0.6 is 27.3 Å². The smallest absolute Gasteiger partial charge is 0.239 e. The highest BCUT2D eigenvalue weighted by Crippen LogP contribution is 2.24. The van der Waals surface area contributed by atoms with Gasteiger partial charge in [0.2, 0.25) is 5.91 Å². The van der Waals surface area contributed by atoms with Crippen LogP contribution in [0.3, 0.4) is 0 Å². The van der Waals surface area contributed by atoms with Crippen LogP contribution in [0, 0.1) is 0 Å². The van der Waals surface area contributed by atoms with Gasteiger partial charge in [-0.05, 0) is 60.4 Å². The standard InChI is InChI=1S/C15H23BrN2OS/c1-3-9-18-10-5-4-6-13(18)15(19)17(2)11-12-7-8-14(16)20-12/h7-8,13H,3-6,9-11H2,1-2H3. The number of hydrogen-bond acceptors (Lipinski definition) is 3. The van der Waals surface area contributed by atoms with E-state index in [0.717, 1.165) is 29.7 Å². The fourth-order valence-corrected chi connectivity index (χ4v) is 4.37. The highest BCUT2D eigenvalue weighted by atomic mass is 79.9. The summed E-state index contributed by atoms with van der Waals surface area (Å²) >= 11 is 5.17. The summed E-state index contributed by atoms with van der Waals surface area (Å²) in [5.41, 5.74) is 0. The van der Waals surface area contributed by atoms with Gasteiger partial charge in [0.05, 0.1) is 16.4 Å². The summed E-state index contributed by atoms with van der Waals surface area (Å²) in [6.07, 6.45) is 4.53. The van der Waals surface area contributed by atoms with Gasteiger partial charge in [-0.15, -0.1) is 11.3 Å². The Morgan fingerprint density at radius 2 is 2.30 bits per heavy atom. The van der Waals surface area contributed by atoms with Crippen LogP contribution in [0.4, 0.5) is 0 Å². The van der Waals surface area contributed by atoms with Crippen LogP contribution in [0.15, 0.2) is 15.9 Å². The van der Waals surface area contributed by atoms with Gasteiger partial charge in [0.25, 0.3) is 0 Å². The predicted octanol–water partition coefficient (Wildman–Crippen LogP) is 3.73. The molecule has 1 aliphatic rings. The van der Waals surface area contributed by atoms with Crippen molar-refractivity contribution >= 4 is 33.2 Å². The van der Waals surface area contributed by atoms with E-state index >= 15 is 0 Å². The lowest BCUT2D eigenvalue weighted by molar-refractivity contribution is -0.137. The number of rotatable bonds is 5. The van der Waals surface area contributed by atoms with Gasteiger partial charge in [-0.2, -0.15) is 0 Å². The van der Waals surface area contributed by atoms with E-state index in [2.05, 4.69) is 33.8 Å². The Bertz CT molecular complexity index is 447. The van der Waals surface area contributed by atoms with Gasteiger partial charge >= 0.3 is 0 Å². The van der Waals surface area contributed by atoms with E-state index < -0.39 is 0 Å². The molecule has 0 aromatic carbocycles. The number of thiophene rings is 1. The molecule has 20 heavy (non-hydrogen) atoms. The number of nitrogens with zero attached hydrogens (tertiary/aromatic N) is 2. The number of amides is 1. The number of hydrogen-bond donors (Lipinski definition) is 0. The SMILES string of the molecule is CCCN1CCCCC1C(=O)N(C)Cc1ccc(Br)s1. The van der Waals surface area contributed by atoms with Crippen molar-refractivity contribution in [1.29, 1.82) is 0 Å². The van der Waals surface area contributed by atoms with Crippen LogP contribution in [0.5, 0.6) is 0 Å². The molecule has 1 fully saturated rings. The van der Waals surface area contributed by atoms with Crippen molar-refractivity contribution in [2.45, 2.75) is 45.2 Å². The summed E-state index contributed by atoms with van der Waals surface area (Å²) in [5.74, 6) is 0.280. The number of halogens is 1. The van der Waals surface area contributed by atoms with E-state index in [1.165, 1.54) is 17.7 Å². The molecule has 1 aromatic heterocycles. The Labute approximate surface area is 134 Å². The number of likely N-dealkylation sites (tertiary alicyclic amines) is 1. The van der Waals surface area contributed by atoms with Gasteiger partial charge in [-0.1, -0.05) is 13.3 Å². The molecule has 1 saturated heterocycles. The first-order chi connectivity index (χ1) is 9.61. The monoisotopic (exact) mass is 358 g/mol.